The molecule has 1 aromatic carbocycles. The maximum Gasteiger partial charge on any atom is 0.296 e. The number of nitrogens with zero attached hydrogens (tertiary/aromatic N) is 3. The van der Waals surface area contributed by atoms with Crippen LogP contribution in [0.3, 0.4) is 0 Å². The molecule has 0 fully saturated rings. The molecular formula is C18H12N4O5S. The van der Waals surface area contributed by atoms with Gasteiger partial charge in [0.15, 0.2) is 0 Å². The fourth-order valence-electron chi connectivity index (χ4n) is 2.74. The third-order valence-electron chi connectivity index (χ3n) is 4.09. The molecule has 9 nitrogen and oxygen atoms in total. The molecular weight excluding hydrogens is 384 g/mol. The van der Waals surface area contributed by atoms with E-state index in [9.17, 15) is 19.7 Å². The number of pyridine rings is 1. The fraction of sp³-hybridized carbons (Fsp3) is 0.0556. The number of anilines is 1. The Morgan fingerprint density at radius 3 is 2.86 bits per heavy atom. The minimum Gasteiger partial charge on any atom is -0.496 e. The van der Waals surface area contributed by atoms with Gasteiger partial charge >= 0.3 is 0 Å². The van der Waals surface area contributed by atoms with Crippen LogP contribution in [0.25, 0.3) is 15.9 Å². The Balaban J connectivity index is 1.74. The number of carbonyl (C=O) groups is 1. The van der Waals surface area contributed by atoms with E-state index in [1.807, 2.05) is 0 Å². The number of nitrogens with one attached hydrogen (secondary N) is 1. The number of amides is 1. The van der Waals surface area contributed by atoms with Crippen molar-refractivity contribution in [1.82, 2.24) is 9.38 Å². The molecule has 0 aliphatic carbocycles. The van der Waals surface area contributed by atoms with Crippen molar-refractivity contribution in [3.63, 3.8) is 0 Å². The van der Waals surface area contributed by atoms with E-state index in [4.69, 9.17) is 4.74 Å². The highest BCUT2D eigenvalue weighted by atomic mass is 32.1. The average molecular weight is 396 g/mol. The van der Waals surface area contributed by atoms with Gasteiger partial charge in [-0.1, -0.05) is 6.07 Å². The highest BCUT2D eigenvalue weighted by molar-refractivity contribution is 7.20. The molecule has 0 spiro atoms. The number of rotatable bonds is 4. The monoisotopic (exact) mass is 396 g/mol. The summed E-state index contributed by atoms with van der Waals surface area (Å²) < 4.78 is 6.37. The second-order valence-corrected chi connectivity index (χ2v) is 6.80. The first-order chi connectivity index (χ1) is 13.5. The Hall–Kier alpha value is -3.79. The van der Waals surface area contributed by atoms with Crippen LogP contribution in [0.4, 0.5) is 11.4 Å². The molecule has 0 bridgehead atoms. The van der Waals surface area contributed by atoms with E-state index in [1.165, 1.54) is 35.8 Å². The molecule has 3 aromatic heterocycles. The number of methoxy groups -OCH3 is 1. The van der Waals surface area contributed by atoms with Crippen LogP contribution < -0.4 is 15.6 Å². The fourth-order valence-corrected chi connectivity index (χ4v) is 3.66. The van der Waals surface area contributed by atoms with Gasteiger partial charge in [-0.15, -0.1) is 11.3 Å². The van der Waals surface area contributed by atoms with Crippen LogP contribution in [-0.4, -0.2) is 27.3 Å². The highest BCUT2D eigenvalue weighted by Crippen LogP contribution is 2.30. The van der Waals surface area contributed by atoms with E-state index in [1.54, 1.807) is 24.4 Å². The van der Waals surface area contributed by atoms with Crippen molar-refractivity contribution >= 4 is 44.5 Å². The Bertz CT molecular complexity index is 1310. The summed E-state index contributed by atoms with van der Waals surface area (Å²) in [5, 5.41) is 14.1. The summed E-state index contributed by atoms with van der Waals surface area (Å²) in [6.07, 6.45) is 1.60. The first kappa shape index (κ1) is 17.6. The van der Waals surface area contributed by atoms with Gasteiger partial charge in [0, 0.05) is 6.20 Å². The lowest BCUT2D eigenvalue weighted by atomic mass is 10.2. The molecule has 0 atom stereocenters. The van der Waals surface area contributed by atoms with Gasteiger partial charge in [0.25, 0.3) is 17.2 Å². The zero-order valence-electron chi connectivity index (χ0n) is 14.4. The number of ether oxygens (including phenoxy) is 1. The molecule has 1 amide bonds. The van der Waals surface area contributed by atoms with Crippen LogP contribution >= 0.6 is 11.3 Å². The normalized spacial score (nSPS) is 10.9. The number of hydrogen-bond donors (Lipinski definition) is 1. The van der Waals surface area contributed by atoms with E-state index < -0.39 is 10.8 Å². The predicted molar refractivity (Wildman–Crippen MR) is 104 cm³/mol. The molecule has 3 heterocycles. The van der Waals surface area contributed by atoms with Gasteiger partial charge < -0.3 is 10.1 Å². The number of nitro benzene ring substituents is 1. The summed E-state index contributed by atoms with van der Waals surface area (Å²) in [4.78, 5) is 40.9. The zero-order valence-corrected chi connectivity index (χ0v) is 15.2. The average Bonchev–Trinajstić information content (AvgIpc) is 3.13. The van der Waals surface area contributed by atoms with Crippen LogP contribution in [0.5, 0.6) is 5.75 Å². The predicted octanol–water partition coefficient (Wildman–Crippen LogP) is 3.08. The number of thiophene rings is 1. The zero-order chi connectivity index (χ0) is 19.8. The van der Waals surface area contributed by atoms with Crippen molar-refractivity contribution in [2.75, 3.05) is 12.4 Å². The molecule has 0 unspecified atom stereocenters. The van der Waals surface area contributed by atoms with Gasteiger partial charge in [-0.05, 0) is 30.3 Å². The third kappa shape index (κ3) is 2.95. The summed E-state index contributed by atoms with van der Waals surface area (Å²) in [6.45, 7) is 0. The molecule has 4 aromatic rings. The summed E-state index contributed by atoms with van der Waals surface area (Å²) in [5.74, 6) is -0.264. The van der Waals surface area contributed by atoms with Gasteiger partial charge in [0.2, 0.25) is 0 Å². The van der Waals surface area contributed by atoms with Crippen molar-refractivity contribution in [3.8, 4) is 5.75 Å². The van der Waals surface area contributed by atoms with Gasteiger partial charge in [-0.25, -0.2) is 4.98 Å². The SMILES string of the molecule is COc1ccc(NC(=O)c2cc3c(=O)n4ccccc4nc3s2)c([N+](=O)[O-])c1. The van der Waals surface area contributed by atoms with Crippen molar-refractivity contribution in [1.29, 1.82) is 0 Å². The molecule has 0 radical (unpaired) electrons. The van der Waals surface area contributed by atoms with Crippen LogP contribution in [0, 0.1) is 10.1 Å². The molecule has 0 aliphatic rings. The Kier molecular flexibility index (Phi) is 4.24. The van der Waals surface area contributed by atoms with Crippen LogP contribution in [0.2, 0.25) is 0 Å². The number of fused-ring (bicyclic) bond motifs is 2. The molecule has 0 aliphatic heterocycles. The van der Waals surface area contributed by atoms with Crippen molar-refractivity contribution < 1.29 is 14.5 Å². The second kappa shape index (κ2) is 6.74. The maximum atomic E-state index is 12.6. The van der Waals surface area contributed by atoms with Crippen LogP contribution in [0.1, 0.15) is 9.67 Å². The summed E-state index contributed by atoms with van der Waals surface area (Å²) >= 11 is 1.04. The lowest BCUT2D eigenvalue weighted by Crippen LogP contribution is -2.14. The first-order valence-electron chi connectivity index (χ1n) is 8.02. The maximum absolute atomic E-state index is 12.6. The summed E-state index contributed by atoms with van der Waals surface area (Å²) in [6, 6.07) is 10.7. The second-order valence-electron chi connectivity index (χ2n) is 5.77. The van der Waals surface area contributed by atoms with Crippen molar-refractivity contribution in [2.45, 2.75) is 0 Å². The summed E-state index contributed by atoms with van der Waals surface area (Å²) in [7, 11) is 1.39. The van der Waals surface area contributed by atoms with E-state index in [0.29, 0.717) is 21.6 Å². The number of aromatic nitrogens is 2. The van der Waals surface area contributed by atoms with Gasteiger partial charge in [-0.3, -0.25) is 24.1 Å². The molecule has 1 N–H and O–H groups in total. The third-order valence-corrected chi connectivity index (χ3v) is 5.12. The lowest BCUT2D eigenvalue weighted by Gasteiger charge is -2.06. The van der Waals surface area contributed by atoms with E-state index >= 15 is 0 Å². The molecule has 28 heavy (non-hydrogen) atoms. The Morgan fingerprint density at radius 2 is 2.11 bits per heavy atom. The minimum atomic E-state index is -0.607. The standard InChI is InChI=1S/C18H12N4O5S/c1-27-10-5-6-12(13(8-10)22(25)26)19-16(23)14-9-11-17(28-14)20-15-4-2-3-7-21(15)18(11)24/h2-9H,1H3,(H,19,23). The molecule has 0 saturated carbocycles. The van der Waals surface area contributed by atoms with E-state index in [0.717, 1.165) is 11.3 Å². The van der Waals surface area contributed by atoms with E-state index in [-0.39, 0.29) is 21.8 Å². The molecule has 4 rings (SSSR count). The summed E-state index contributed by atoms with van der Waals surface area (Å²) in [5.41, 5.74) is -0.0771. The van der Waals surface area contributed by atoms with Crippen molar-refractivity contribution in [2.24, 2.45) is 0 Å². The Morgan fingerprint density at radius 1 is 1.29 bits per heavy atom. The Labute approximate surface area is 161 Å². The van der Waals surface area contributed by atoms with Crippen LogP contribution in [0.15, 0.2) is 53.5 Å². The van der Waals surface area contributed by atoms with Gasteiger partial charge in [-0.2, -0.15) is 0 Å². The molecule has 10 heteroatoms. The minimum absolute atomic E-state index is 0.0306. The van der Waals surface area contributed by atoms with Crippen molar-refractivity contribution in [3.05, 3.63) is 74.0 Å². The number of hydrogen-bond acceptors (Lipinski definition) is 7. The quantitative estimate of drug-likeness (QED) is 0.419. The number of benzene rings is 1. The number of nitro groups is 1. The number of carbonyl (C=O) groups excluding carboxylic acids is 1. The first-order valence-corrected chi connectivity index (χ1v) is 8.84. The van der Waals surface area contributed by atoms with Gasteiger partial charge in [0.1, 0.15) is 21.9 Å². The largest absolute Gasteiger partial charge is 0.496 e. The smallest absolute Gasteiger partial charge is 0.296 e. The lowest BCUT2D eigenvalue weighted by molar-refractivity contribution is -0.384. The van der Waals surface area contributed by atoms with Gasteiger partial charge in [0.05, 0.1) is 28.4 Å². The molecule has 0 saturated heterocycles. The topological polar surface area (TPSA) is 116 Å². The highest BCUT2D eigenvalue weighted by Gasteiger charge is 2.20. The van der Waals surface area contributed by atoms with E-state index in [2.05, 4.69) is 10.3 Å². The molecule has 140 valence electrons. The van der Waals surface area contributed by atoms with Crippen LogP contribution in [-0.2, 0) is 0 Å².